The number of carbonyl (C=O) groups excluding carboxylic acids is 1. The zero-order chi connectivity index (χ0) is 10.6. The van der Waals surface area contributed by atoms with Crippen LogP contribution >= 0.6 is 12.4 Å². The number of nitrogens with two attached hydrogens (primary N) is 1. The standard InChI is InChI=1S/C11H15NO2.ClH/c1-8-4-3-5-9(6-8)10(12)7-11(13)14-2;/h3-6,10H,7,12H2,1-2H3;1H/t10-;/m0./s1. The van der Waals surface area contributed by atoms with Gasteiger partial charge < -0.3 is 10.5 Å². The first-order valence-corrected chi connectivity index (χ1v) is 4.52. The highest BCUT2D eigenvalue weighted by Crippen LogP contribution is 2.15. The summed E-state index contributed by atoms with van der Waals surface area (Å²) in [7, 11) is 1.37. The predicted molar refractivity (Wildman–Crippen MR) is 62.0 cm³/mol. The van der Waals surface area contributed by atoms with Crippen LogP contribution in [0, 0.1) is 6.92 Å². The molecule has 0 aromatic heterocycles. The normalized spacial score (nSPS) is 11.4. The van der Waals surface area contributed by atoms with E-state index in [1.54, 1.807) is 0 Å². The number of aryl methyl sites for hydroxylation is 1. The minimum atomic E-state index is -0.279. The summed E-state index contributed by atoms with van der Waals surface area (Å²) >= 11 is 0. The van der Waals surface area contributed by atoms with Crippen molar-refractivity contribution in [2.45, 2.75) is 19.4 Å². The van der Waals surface area contributed by atoms with E-state index in [9.17, 15) is 4.79 Å². The van der Waals surface area contributed by atoms with Crippen LogP contribution in [0.3, 0.4) is 0 Å². The number of methoxy groups -OCH3 is 1. The third kappa shape index (κ3) is 4.32. The van der Waals surface area contributed by atoms with Crippen LogP contribution in [-0.4, -0.2) is 13.1 Å². The van der Waals surface area contributed by atoms with Crippen molar-refractivity contribution in [1.82, 2.24) is 0 Å². The number of rotatable bonds is 3. The Bertz CT molecular complexity index is 328. The van der Waals surface area contributed by atoms with Crippen LogP contribution in [0.4, 0.5) is 0 Å². The van der Waals surface area contributed by atoms with E-state index in [4.69, 9.17) is 5.73 Å². The van der Waals surface area contributed by atoms with Gasteiger partial charge in [0.1, 0.15) is 0 Å². The van der Waals surface area contributed by atoms with Gasteiger partial charge in [0.2, 0.25) is 0 Å². The monoisotopic (exact) mass is 229 g/mol. The summed E-state index contributed by atoms with van der Waals surface area (Å²) in [4.78, 5) is 11.0. The summed E-state index contributed by atoms with van der Waals surface area (Å²) in [6.07, 6.45) is 0.222. The molecule has 0 bridgehead atoms. The molecule has 1 rings (SSSR count). The number of benzene rings is 1. The lowest BCUT2D eigenvalue weighted by molar-refractivity contribution is -0.141. The number of carbonyl (C=O) groups is 1. The van der Waals surface area contributed by atoms with Crippen molar-refractivity contribution in [3.05, 3.63) is 35.4 Å². The van der Waals surface area contributed by atoms with Gasteiger partial charge in [-0.15, -0.1) is 12.4 Å². The van der Waals surface area contributed by atoms with Gasteiger partial charge in [0.25, 0.3) is 0 Å². The fourth-order valence-corrected chi connectivity index (χ4v) is 1.28. The number of hydrogen-bond donors (Lipinski definition) is 1. The van der Waals surface area contributed by atoms with Gasteiger partial charge in [-0.05, 0) is 12.5 Å². The van der Waals surface area contributed by atoms with Crippen LogP contribution in [0.1, 0.15) is 23.6 Å². The fraction of sp³-hybridized carbons (Fsp3) is 0.364. The molecule has 0 amide bonds. The lowest BCUT2D eigenvalue weighted by Crippen LogP contribution is -2.16. The first-order chi connectivity index (χ1) is 6.63. The Balaban J connectivity index is 0.00000196. The molecule has 1 aromatic carbocycles. The highest BCUT2D eigenvalue weighted by Gasteiger charge is 2.11. The summed E-state index contributed by atoms with van der Waals surface area (Å²) in [6.45, 7) is 1.99. The molecule has 0 fully saturated rings. The van der Waals surface area contributed by atoms with Crippen molar-refractivity contribution < 1.29 is 9.53 Å². The molecule has 1 aromatic rings. The van der Waals surface area contributed by atoms with E-state index >= 15 is 0 Å². The number of ether oxygens (including phenoxy) is 1. The zero-order valence-corrected chi connectivity index (χ0v) is 9.71. The smallest absolute Gasteiger partial charge is 0.307 e. The van der Waals surface area contributed by atoms with Crippen molar-refractivity contribution in [2.75, 3.05) is 7.11 Å². The highest BCUT2D eigenvalue weighted by atomic mass is 35.5. The minimum absolute atomic E-state index is 0. The molecule has 0 spiro atoms. The van der Waals surface area contributed by atoms with Gasteiger partial charge in [0.05, 0.1) is 13.5 Å². The van der Waals surface area contributed by atoms with Gasteiger partial charge in [-0.2, -0.15) is 0 Å². The minimum Gasteiger partial charge on any atom is -0.469 e. The van der Waals surface area contributed by atoms with E-state index < -0.39 is 0 Å². The third-order valence-corrected chi connectivity index (χ3v) is 2.08. The van der Waals surface area contributed by atoms with Crippen LogP contribution in [0.15, 0.2) is 24.3 Å². The van der Waals surface area contributed by atoms with Gasteiger partial charge >= 0.3 is 5.97 Å². The Morgan fingerprint density at radius 2 is 2.20 bits per heavy atom. The molecule has 2 N–H and O–H groups in total. The number of hydrogen-bond acceptors (Lipinski definition) is 3. The van der Waals surface area contributed by atoms with Crippen molar-refractivity contribution in [1.29, 1.82) is 0 Å². The molecule has 84 valence electrons. The van der Waals surface area contributed by atoms with Gasteiger partial charge in [-0.3, -0.25) is 4.79 Å². The summed E-state index contributed by atoms with van der Waals surface area (Å²) in [5.41, 5.74) is 7.95. The SMILES string of the molecule is COC(=O)C[C@H](N)c1cccc(C)c1.Cl. The second kappa shape index (κ2) is 6.43. The van der Waals surface area contributed by atoms with Crippen molar-refractivity contribution in [2.24, 2.45) is 5.73 Å². The van der Waals surface area contributed by atoms with E-state index in [2.05, 4.69) is 4.74 Å². The lowest BCUT2D eigenvalue weighted by atomic mass is 10.0. The second-order valence-electron chi connectivity index (χ2n) is 3.30. The molecular weight excluding hydrogens is 214 g/mol. The maximum atomic E-state index is 11.0. The molecule has 0 heterocycles. The number of halogens is 1. The summed E-state index contributed by atoms with van der Waals surface area (Å²) < 4.78 is 4.55. The average Bonchev–Trinajstić information content (AvgIpc) is 2.17. The second-order valence-corrected chi connectivity index (χ2v) is 3.30. The quantitative estimate of drug-likeness (QED) is 0.807. The molecule has 4 heteroatoms. The number of esters is 1. The molecule has 1 atom stereocenters. The van der Waals surface area contributed by atoms with Crippen LogP contribution in [0.2, 0.25) is 0 Å². The Morgan fingerprint density at radius 3 is 2.73 bits per heavy atom. The third-order valence-electron chi connectivity index (χ3n) is 2.08. The van der Waals surface area contributed by atoms with Crippen LogP contribution < -0.4 is 5.73 Å². The molecule has 0 aliphatic heterocycles. The van der Waals surface area contributed by atoms with E-state index in [0.717, 1.165) is 11.1 Å². The lowest BCUT2D eigenvalue weighted by Gasteiger charge is -2.10. The summed E-state index contributed by atoms with van der Waals surface area (Å²) in [6, 6.07) is 7.55. The van der Waals surface area contributed by atoms with Crippen molar-refractivity contribution >= 4 is 18.4 Å². The van der Waals surface area contributed by atoms with Gasteiger partial charge in [0, 0.05) is 6.04 Å². The Morgan fingerprint density at radius 1 is 1.53 bits per heavy atom. The van der Waals surface area contributed by atoms with E-state index in [1.165, 1.54) is 7.11 Å². The van der Waals surface area contributed by atoms with Crippen LogP contribution in [-0.2, 0) is 9.53 Å². The molecule has 3 nitrogen and oxygen atoms in total. The molecule has 15 heavy (non-hydrogen) atoms. The Kier molecular flexibility index (Phi) is 5.97. The molecule has 0 saturated heterocycles. The van der Waals surface area contributed by atoms with E-state index in [1.807, 2.05) is 31.2 Å². The Hall–Kier alpha value is -1.06. The van der Waals surface area contributed by atoms with Gasteiger partial charge in [-0.25, -0.2) is 0 Å². The molecule has 0 radical (unpaired) electrons. The summed E-state index contributed by atoms with van der Waals surface area (Å²) in [5, 5.41) is 0. The maximum absolute atomic E-state index is 11.0. The largest absolute Gasteiger partial charge is 0.469 e. The molecule has 0 saturated carbocycles. The molecule has 0 aliphatic carbocycles. The van der Waals surface area contributed by atoms with E-state index in [0.29, 0.717) is 0 Å². The fourth-order valence-electron chi connectivity index (χ4n) is 1.28. The highest BCUT2D eigenvalue weighted by molar-refractivity contribution is 5.85. The van der Waals surface area contributed by atoms with Crippen molar-refractivity contribution in [3.8, 4) is 0 Å². The topological polar surface area (TPSA) is 52.3 Å². The van der Waals surface area contributed by atoms with E-state index in [-0.39, 0.29) is 30.8 Å². The Labute approximate surface area is 96.0 Å². The molecule has 0 unspecified atom stereocenters. The van der Waals surface area contributed by atoms with Gasteiger partial charge in [0.15, 0.2) is 0 Å². The average molecular weight is 230 g/mol. The molecular formula is C11H16ClNO2. The first-order valence-electron chi connectivity index (χ1n) is 4.52. The first kappa shape index (κ1) is 13.9. The van der Waals surface area contributed by atoms with Crippen LogP contribution in [0.25, 0.3) is 0 Å². The maximum Gasteiger partial charge on any atom is 0.307 e. The predicted octanol–water partition coefficient (Wildman–Crippen LogP) is 1.98. The molecule has 0 aliphatic rings. The zero-order valence-electron chi connectivity index (χ0n) is 8.90. The summed E-state index contributed by atoms with van der Waals surface area (Å²) in [5.74, 6) is -0.279. The van der Waals surface area contributed by atoms with Crippen molar-refractivity contribution in [3.63, 3.8) is 0 Å². The van der Waals surface area contributed by atoms with Gasteiger partial charge in [-0.1, -0.05) is 29.8 Å². The van der Waals surface area contributed by atoms with Crippen LogP contribution in [0.5, 0.6) is 0 Å².